The lowest BCUT2D eigenvalue weighted by molar-refractivity contribution is -0.190. The molecule has 1 unspecified atom stereocenters. The molecule has 0 amide bonds. The minimum atomic E-state index is -4.50. The van der Waals surface area contributed by atoms with Crippen LogP contribution >= 0.6 is 0 Å². The molecular weight excluding hydrogens is 277 g/mol. The zero-order valence-electron chi connectivity index (χ0n) is 11.7. The van der Waals surface area contributed by atoms with E-state index in [0.717, 1.165) is 6.92 Å². The van der Waals surface area contributed by atoms with Gasteiger partial charge in [-0.3, -0.25) is 0 Å². The molecule has 1 aromatic heterocycles. The molecule has 0 aromatic carbocycles. The van der Waals surface area contributed by atoms with Gasteiger partial charge < -0.3 is 14.8 Å². The van der Waals surface area contributed by atoms with Crippen LogP contribution in [0.3, 0.4) is 0 Å². The molecule has 0 spiro atoms. The fourth-order valence-corrected chi connectivity index (χ4v) is 1.12. The molecule has 0 aliphatic carbocycles. The summed E-state index contributed by atoms with van der Waals surface area (Å²) < 4.78 is 47.3. The molecule has 1 rings (SSSR count). The highest BCUT2D eigenvalue weighted by molar-refractivity contribution is 5.27. The first kappa shape index (κ1) is 16.3. The zero-order chi connectivity index (χ0) is 15.3. The summed E-state index contributed by atoms with van der Waals surface area (Å²) in [4.78, 5) is 11.4. The van der Waals surface area contributed by atoms with Gasteiger partial charge in [-0.15, -0.1) is 4.98 Å². The van der Waals surface area contributed by atoms with Crippen molar-refractivity contribution in [3.8, 4) is 12.0 Å². The van der Waals surface area contributed by atoms with Crippen LogP contribution in [0.25, 0.3) is 0 Å². The lowest BCUT2D eigenvalue weighted by Crippen LogP contribution is -2.32. The highest BCUT2D eigenvalue weighted by Gasteiger charge is 2.38. The lowest BCUT2D eigenvalue weighted by atomic mass is 10.4. The Morgan fingerprint density at radius 1 is 1.05 bits per heavy atom. The molecule has 0 fully saturated rings. The molecule has 20 heavy (non-hydrogen) atoms. The number of halogens is 3. The van der Waals surface area contributed by atoms with Crippen molar-refractivity contribution in [1.29, 1.82) is 0 Å². The SMILES string of the molecule is CCNc1nc(OC(C)C)nc(OC(C)C(F)(F)F)n1. The summed E-state index contributed by atoms with van der Waals surface area (Å²) in [6, 6.07) is -0.522. The third-order valence-electron chi connectivity index (χ3n) is 2.01. The first-order valence-corrected chi connectivity index (χ1v) is 6.12. The second-order valence-electron chi connectivity index (χ2n) is 4.22. The fraction of sp³-hybridized carbons (Fsp3) is 0.727. The lowest BCUT2D eigenvalue weighted by Gasteiger charge is -2.17. The van der Waals surface area contributed by atoms with Gasteiger partial charge in [0, 0.05) is 6.54 Å². The molecule has 1 aromatic rings. The van der Waals surface area contributed by atoms with Gasteiger partial charge in [0.1, 0.15) is 0 Å². The predicted molar refractivity (Wildman–Crippen MR) is 65.9 cm³/mol. The number of ether oxygens (including phenoxy) is 2. The second-order valence-corrected chi connectivity index (χ2v) is 4.22. The minimum Gasteiger partial charge on any atom is -0.461 e. The maximum absolute atomic E-state index is 12.5. The van der Waals surface area contributed by atoms with Crippen molar-refractivity contribution in [2.24, 2.45) is 0 Å². The molecule has 9 heteroatoms. The van der Waals surface area contributed by atoms with Crippen molar-refractivity contribution < 1.29 is 22.6 Å². The predicted octanol–water partition coefficient (Wildman–Crippen LogP) is 2.42. The van der Waals surface area contributed by atoms with Crippen molar-refractivity contribution in [1.82, 2.24) is 15.0 Å². The molecule has 114 valence electrons. The molecule has 0 bridgehead atoms. The van der Waals surface area contributed by atoms with E-state index in [0.29, 0.717) is 6.54 Å². The van der Waals surface area contributed by atoms with E-state index in [2.05, 4.69) is 25.0 Å². The number of anilines is 1. The summed E-state index contributed by atoms with van der Waals surface area (Å²) in [6.07, 6.45) is -6.74. The smallest absolute Gasteiger partial charge is 0.425 e. The van der Waals surface area contributed by atoms with E-state index in [1.54, 1.807) is 20.8 Å². The van der Waals surface area contributed by atoms with Crippen LogP contribution in [0.4, 0.5) is 19.1 Å². The number of nitrogens with zero attached hydrogens (tertiary/aromatic N) is 3. The van der Waals surface area contributed by atoms with Crippen molar-refractivity contribution in [3.05, 3.63) is 0 Å². The van der Waals surface area contributed by atoms with Gasteiger partial charge in [0.25, 0.3) is 0 Å². The zero-order valence-corrected chi connectivity index (χ0v) is 11.7. The van der Waals surface area contributed by atoms with Gasteiger partial charge in [0.2, 0.25) is 5.95 Å². The summed E-state index contributed by atoms with van der Waals surface area (Å²) in [7, 11) is 0. The molecule has 0 aliphatic rings. The Bertz CT molecular complexity index is 440. The van der Waals surface area contributed by atoms with Gasteiger partial charge in [0.15, 0.2) is 6.10 Å². The Hall–Kier alpha value is -1.80. The van der Waals surface area contributed by atoms with Crippen LogP contribution in [0.5, 0.6) is 12.0 Å². The molecule has 0 radical (unpaired) electrons. The van der Waals surface area contributed by atoms with Crippen LogP contribution in [0.2, 0.25) is 0 Å². The average Bonchev–Trinajstić information content (AvgIpc) is 2.26. The van der Waals surface area contributed by atoms with E-state index in [1.165, 1.54) is 0 Å². The largest absolute Gasteiger partial charge is 0.461 e. The highest BCUT2D eigenvalue weighted by Crippen LogP contribution is 2.24. The van der Waals surface area contributed by atoms with E-state index in [9.17, 15) is 13.2 Å². The number of nitrogens with one attached hydrogen (secondary N) is 1. The summed E-state index contributed by atoms with van der Waals surface area (Å²) >= 11 is 0. The first-order valence-electron chi connectivity index (χ1n) is 6.12. The second kappa shape index (κ2) is 6.58. The normalized spacial score (nSPS) is 13.2. The number of rotatable bonds is 6. The van der Waals surface area contributed by atoms with Gasteiger partial charge in [-0.2, -0.15) is 23.1 Å². The number of hydrogen-bond donors (Lipinski definition) is 1. The molecule has 0 aliphatic heterocycles. The Morgan fingerprint density at radius 3 is 2.05 bits per heavy atom. The van der Waals surface area contributed by atoms with E-state index >= 15 is 0 Å². The van der Waals surface area contributed by atoms with Crippen LogP contribution < -0.4 is 14.8 Å². The van der Waals surface area contributed by atoms with Crippen LogP contribution in [-0.2, 0) is 0 Å². The van der Waals surface area contributed by atoms with Gasteiger partial charge >= 0.3 is 18.2 Å². The Kier molecular flexibility index (Phi) is 5.34. The molecular formula is C11H17F3N4O2. The van der Waals surface area contributed by atoms with E-state index in [-0.39, 0.29) is 18.1 Å². The Balaban J connectivity index is 2.96. The van der Waals surface area contributed by atoms with E-state index < -0.39 is 18.3 Å². The summed E-state index contributed by atoms with van der Waals surface area (Å²) in [5, 5.41) is 2.77. The van der Waals surface area contributed by atoms with Crippen molar-refractivity contribution in [2.45, 2.75) is 46.1 Å². The summed E-state index contributed by atoms with van der Waals surface area (Å²) in [5.41, 5.74) is 0. The quantitative estimate of drug-likeness (QED) is 0.869. The van der Waals surface area contributed by atoms with Crippen LogP contribution in [-0.4, -0.2) is 39.9 Å². The van der Waals surface area contributed by atoms with Crippen molar-refractivity contribution >= 4 is 5.95 Å². The third kappa shape index (κ3) is 5.06. The van der Waals surface area contributed by atoms with E-state index in [4.69, 9.17) is 4.74 Å². The standard InChI is InChI=1S/C11H17F3N4O2/c1-5-15-8-16-9(19-6(2)3)18-10(17-8)20-7(4)11(12,13)14/h6-7H,5H2,1-4H3,(H,15,16,17,18). The first-order chi connectivity index (χ1) is 9.22. The monoisotopic (exact) mass is 294 g/mol. The highest BCUT2D eigenvalue weighted by atomic mass is 19.4. The Labute approximate surface area is 114 Å². The summed E-state index contributed by atoms with van der Waals surface area (Å²) in [6.45, 7) is 6.66. The van der Waals surface area contributed by atoms with Crippen molar-refractivity contribution in [2.75, 3.05) is 11.9 Å². The molecule has 1 atom stereocenters. The number of hydrogen-bond acceptors (Lipinski definition) is 6. The molecule has 1 N–H and O–H groups in total. The van der Waals surface area contributed by atoms with Crippen LogP contribution in [0, 0.1) is 0 Å². The van der Waals surface area contributed by atoms with Gasteiger partial charge in [-0.1, -0.05) is 0 Å². The van der Waals surface area contributed by atoms with E-state index in [1.807, 2.05) is 0 Å². The van der Waals surface area contributed by atoms with Gasteiger partial charge in [-0.05, 0) is 27.7 Å². The van der Waals surface area contributed by atoms with Crippen LogP contribution in [0.15, 0.2) is 0 Å². The molecule has 1 heterocycles. The minimum absolute atomic E-state index is 0.0877. The van der Waals surface area contributed by atoms with Gasteiger partial charge in [0.05, 0.1) is 6.10 Å². The fourth-order valence-electron chi connectivity index (χ4n) is 1.12. The summed E-state index contributed by atoms with van der Waals surface area (Å²) in [5.74, 6) is 0.0996. The molecule has 0 saturated heterocycles. The number of aromatic nitrogens is 3. The molecule has 6 nitrogen and oxygen atoms in total. The third-order valence-corrected chi connectivity index (χ3v) is 2.01. The van der Waals surface area contributed by atoms with Gasteiger partial charge in [-0.25, -0.2) is 0 Å². The maximum Gasteiger partial charge on any atom is 0.425 e. The molecule has 0 saturated carbocycles. The topological polar surface area (TPSA) is 69.2 Å². The average molecular weight is 294 g/mol. The van der Waals surface area contributed by atoms with Crippen LogP contribution in [0.1, 0.15) is 27.7 Å². The van der Waals surface area contributed by atoms with Crippen molar-refractivity contribution in [3.63, 3.8) is 0 Å². The number of alkyl halides is 3. The maximum atomic E-state index is 12.5. The Morgan fingerprint density at radius 2 is 1.60 bits per heavy atom.